The summed E-state index contributed by atoms with van der Waals surface area (Å²) in [5.74, 6) is 0.768. The number of carbonyl (C=O) groups excluding carboxylic acids is 1. The number of benzene rings is 2. The molecule has 0 saturated heterocycles. The number of hydrogen-bond donors (Lipinski definition) is 1. The predicted molar refractivity (Wildman–Crippen MR) is 89.2 cm³/mol. The van der Waals surface area contributed by atoms with Crippen molar-refractivity contribution in [2.45, 2.75) is 13.3 Å². The van der Waals surface area contributed by atoms with Crippen molar-refractivity contribution in [2.75, 3.05) is 5.32 Å². The summed E-state index contributed by atoms with van der Waals surface area (Å²) in [6.07, 6.45) is 0.841. The quantitative estimate of drug-likeness (QED) is 0.807. The zero-order valence-electron chi connectivity index (χ0n) is 13.0. The molecule has 1 N–H and O–H groups in total. The molecule has 5 nitrogen and oxygen atoms in total. The lowest BCUT2D eigenvalue weighted by Crippen LogP contribution is -2.11. The molecule has 5 heteroatoms. The minimum atomic E-state index is -0.217. The van der Waals surface area contributed by atoms with Gasteiger partial charge in [-0.2, -0.15) is 5.26 Å². The number of hydrogen-bond acceptors (Lipinski definition) is 3. The monoisotopic (exact) mass is 304 g/mol. The molecule has 0 atom stereocenters. The van der Waals surface area contributed by atoms with Crippen LogP contribution in [0.4, 0.5) is 5.69 Å². The van der Waals surface area contributed by atoms with Crippen LogP contribution in [0, 0.1) is 11.3 Å². The first-order chi connectivity index (χ1) is 11.1. The number of rotatable bonds is 3. The highest BCUT2D eigenvalue weighted by Gasteiger charge is 2.11. The summed E-state index contributed by atoms with van der Waals surface area (Å²) in [6.45, 7) is 2.05. The van der Waals surface area contributed by atoms with Gasteiger partial charge in [0.1, 0.15) is 5.82 Å². The normalized spacial score (nSPS) is 10.5. The maximum atomic E-state index is 12.4. The maximum absolute atomic E-state index is 12.4. The molecule has 1 amide bonds. The van der Waals surface area contributed by atoms with E-state index in [0.29, 0.717) is 16.8 Å². The van der Waals surface area contributed by atoms with E-state index in [1.165, 1.54) is 0 Å². The van der Waals surface area contributed by atoms with Gasteiger partial charge in [-0.05, 0) is 36.4 Å². The van der Waals surface area contributed by atoms with Crippen LogP contribution in [-0.2, 0) is 13.5 Å². The summed E-state index contributed by atoms with van der Waals surface area (Å²) in [6, 6.07) is 14.4. The van der Waals surface area contributed by atoms with E-state index in [1.807, 2.05) is 17.7 Å². The van der Waals surface area contributed by atoms with Gasteiger partial charge >= 0.3 is 0 Å². The fraction of sp³-hybridized carbons (Fsp3) is 0.167. The highest BCUT2D eigenvalue weighted by atomic mass is 16.1. The molecule has 1 aromatic heterocycles. The Morgan fingerprint density at radius 3 is 2.87 bits per heavy atom. The second-order valence-corrected chi connectivity index (χ2v) is 5.29. The van der Waals surface area contributed by atoms with Crippen molar-refractivity contribution in [3.8, 4) is 6.07 Å². The molecular weight excluding hydrogens is 288 g/mol. The Kier molecular flexibility index (Phi) is 3.82. The third-order valence-corrected chi connectivity index (χ3v) is 3.80. The molecule has 23 heavy (non-hydrogen) atoms. The Hall–Kier alpha value is -3.13. The largest absolute Gasteiger partial charge is 0.331 e. The molecule has 0 unspecified atom stereocenters. The molecule has 114 valence electrons. The van der Waals surface area contributed by atoms with Crippen LogP contribution in [0.25, 0.3) is 11.0 Å². The number of amides is 1. The van der Waals surface area contributed by atoms with E-state index < -0.39 is 0 Å². The molecule has 0 bridgehead atoms. The van der Waals surface area contributed by atoms with Gasteiger partial charge in [0, 0.05) is 24.7 Å². The molecule has 0 radical (unpaired) electrons. The lowest BCUT2D eigenvalue weighted by molar-refractivity contribution is 0.102. The lowest BCUT2D eigenvalue weighted by Gasteiger charge is -2.05. The molecular formula is C18H16N4O. The van der Waals surface area contributed by atoms with Gasteiger partial charge in [0.05, 0.1) is 22.7 Å². The van der Waals surface area contributed by atoms with E-state index >= 15 is 0 Å². The zero-order valence-corrected chi connectivity index (χ0v) is 13.0. The first-order valence-corrected chi connectivity index (χ1v) is 7.39. The minimum absolute atomic E-state index is 0.217. The second kappa shape index (κ2) is 5.93. The van der Waals surface area contributed by atoms with Crippen LogP contribution in [0.1, 0.15) is 28.7 Å². The number of nitrogens with zero attached hydrogens (tertiary/aromatic N) is 3. The third kappa shape index (κ3) is 2.79. The van der Waals surface area contributed by atoms with Gasteiger partial charge in [-0.25, -0.2) is 4.98 Å². The van der Waals surface area contributed by atoms with Crippen molar-refractivity contribution < 1.29 is 4.79 Å². The Bertz CT molecular complexity index is 934. The van der Waals surface area contributed by atoms with Crippen LogP contribution < -0.4 is 5.32 Å². The molecule has 1 heterocycles. The fourth-order valence-corrected chi connectivity index (χ4v) is 2.58. The molecule has 0 spiro atoms. The van der Waals surface area contributed by atoms with Crippen molar-refractivity contribution in [2.24, 2.45) is 7.05 Å². The van der Waals surface area contributed by atoms with E-state index in [4.69, 9.17) is 5.26 Å². The van der Waals surface area contributed by atoms with Gasteiger partial charge in [-0.3, -0.25) is 4.79 Å². The number of nitrogens with one attached hydrogen (secondary N) is 1. The molecule has 0 fully saturated rings. The molecule has 0 aliphatic rings. The molecule has 2 aromatic carbocycles. The first kappa shape index (κ1) is 14.8. The lowest BCUT2D eigenvalue weighted by atomic mass is 10.1. The van der Waals surface area contributed by atoms with E-state index in [9.17, 15) is 4.79 Å². The standard InChI is InChI=1S/C18H16N4O/c1-3-17-21-15-10-13(7-8-16(15)22(17)2)18(23)20-14-6-4-5-12(9-14)11-19/h4-10H,3H2,1-2H3,(H,20,23). The highest BCUT2D eigenvalue weighted by molar-refractivity contribution is 6.06. The highest BCUT2D eigenvalue weighted by Crippen LogP contribution is 2.18. The summed E-state index contributed by atoms with van der Waals surface area (Å²) < 4.78 is 2.04. The van der Waals surface area contributed by atoms with E-state index in [0.717, 1.165) is 23.3 Å². The number of aryl methyl sites for hydroxylation is 2. The Morgan fingerprint density at radius 2 is 2.13 bits per heavy atom. The predicted octanol–water partition coefficient (Wildman–Crippen LogP) is 3.26. The first-order valence-electron chi connectivity index (χ1n) is 7.39. The third-order valence-electron chi connectivity index (χ3n) is 3.80. The Labute approximate surface area is 134 Å². The van der Waals surface area contributed by atoms with Crippen LogP contribution in [0.2, 0.25) is 0 Å². The van der Waals surface area contributed by atoms with Crippen LogP contribution >= 0.6 is 0 Å². The summed E-state index contributed by atoms with van der Waals surface area (Å²) >= 11 is 0. The van der Waals surface area contributed by atoms with Crippen molar-refractivity contribution in [3.05, 3.63) is 59.4 Å². The average Bonchev–Trinajstić information content (AvgIpc) is 2.90. The van der Waals surface area contributed by atoms with Crippen molar-refractivity contribution >= 4 is 22.6 Å². The van der Waals surface area contributed by atoms with Crippen LogP contribution in [0.5, 0.6) is 0 Å². The minimum Gasteiger partial charge on any atom is -0.331 e. The van der Waals surface area contributed by atoms with E-state index in [-0.39, 0.29) is 5.91 Å². The summed E-state index contributed by atoms with van der Waals surface area (Å²) in [7, 11) is 1.97. The Morgan fingerprint density at radius 1 is 1.30 bits per heavy atom. The molecule has 3 aromatic rings. The maximum Gasteiger partial charge on any atom is 0.255 e. The number of anilines is 1. The Balaban J connectivity index is 1.90. The van der Waals surface area contributed by atoms with Crippen molar-refractivity contribution in [3.63, 3.8) is 0 Å². The average molecular weight is 304 g/mol. The van der Waals surface area contributed by atoms with Crippen LogP contribution in [0.3, 0.4) is 0 Å². The second-order valence-electron chi connectivity index (χ2n) is 5.29. The van der Waals surface area contributed by atoms with Gasteiger partial charge in [0.25, 0.3) is 5.91 Å². The van der Waals surface area contributed by atoms with Gasteiger partial charge in [-0.1, -0.05) is 13.0 Å². The number of nitriles is 1. The van der Waals surface area contributed by atoms with Gasteiger partial charge < -0.3 is 9.88 Å². The number of aromatic nitrogens is 2. The fourth-order valence-electron chi connectivity index (χ4n) is 2.58. The SMILES string of the molecule is CCc1nc2cc(C(=O)Nc3cccc(C#N)c3)ccc2n1C. The molecule has 3 rings (SSSR count). The van der Waals surface area contributed by atoms with E-state index in [1.54, 1.807) is 36.4 Å². The number of imidazole rings is 1. The molecule has 0 aliphatic carbocycles. The van der Waals surface area contributed by atoms with Crippen LogP contribution in [0.15, 0.2) is 42.5 Å². The van der Waals surface area contributed by atoms with Crippen LogP contribution in [-0.4, -0.2) is 15.5 Å². The van der Waals surface area contributed by atoms with Gasteiger partial charge in [-0.15, -0.1) is 0 Å². The zero-order chi connectivity index (χ0) is 16.4. The molecule has 0 saturated carbocycles. The summed E-state index contributed by atoms with van der Waals surface area (Å²) in [5.41, 5.74) is 3.47. The summed E-state index contributed by atoms with van der Waals surface area (Å²) in [5, 5.41) is 11.7. The van der Waals surface area contributed by atoms with Gasteiger partial charge in [0.15, 0.2) is 0 Å². The smallest absolute Gasteiger partial charge is 0.255 e. The van der Waals surface area contributed by atoms with Crippen molar-refractivity contribution in [1.29, 1.82) is 5.26 Å². The van der Waals surface area contributed by atoms with Crippen molar-refractivity contribution in [1.82, 2.24) is 9.55 Å². The topological polar surface area (TPSA) is 70.7 Å². The molecule has 0 aliphatic heterocycles. The number of carbonyl (C=O) groups is 1. The van der Waals surface area contributed by atoms with Gasteiger partial charge in [0.2, 0.25) is 0 Å². The number of fused-ring (bicyclic) bond motifs is 1. The van der Waals surface area contributed by atoms with E-state index in [2.05, 4.69) is 23.3 Å². The summed E-state index contributed by atoms with van der Waals surface area (Å²) in [4.78, 5) is 16.9.